The van der Waals surface area contributed by atoms with E-state index in [1.807, 2.05) is 34.1 Å². The van der Waals surface area contributed by atoms with Crippen LogP contribution in [0.3, 0.4) is 0 Å². The lowest BCUT2D eigenvalue weighted by Gasteiger charge is -2.25. The van der Waals surface area contributed by atoms with E-state index in [0.717, 1.165) is 54.2 Å². The molecule has 0 N–H and O–H groups in total. The van der Waals surface area contributed by atoms with Gasteiger partial charge in [0.2, 0.25) is 5.91 Å². The van der Waals surface area contributed by atoms with Crippen molar-refractivity contribution in [2.75, 3.05) is 33.3 Å². The number of likely N-dealkylation sites (tertiary alicyclic amines) is 1. The second-order valence-electron chi connectivity index (χ2n) is 7.65. The number of benzene rings is 1. The number of hydrogen-bond acceptors (Lipinski definition) is 5. The number of carbonyl (C=O) groups excluding carboxylic acids is 2. The number of carbonyl (C=O) groups is 2. The Balaban J connectivity index is 1.37. The summed E-state index contributed by atoms with van der Waals surface area (Å²) in [5.74, 6) is 0.968. The highest BCUT2D eigenvalue weighted by Crippen LogP contribution is 2.25. The van der Waals surface area contributed by atoms with Gasteiger partial charge in [0.05, 0.1) is 19.2 Å². The van der Waals surface area contributed by atoms with Crippen LogP contribution in [0.25, 0.3) is 0 Å². The van der Waals surface area contributed by atoms with Crippen LogP contribution in [0.1, 0.15) is 45.2 Å². The van der Waals surface area contributed by atoms with E-state index in [0.29, 0.717) is 30.9 Å². The van der Waals surface area contributed by atoms with Gasteiger partial charge in [0, 0.05) is 43.9 Å². The molecule has 2 amide bonds. The van der Waals surface area contributed by atoms with Crippen molar-refractivity contribution in [2.24, 2.45) is 0 Å². The summed E-state index contributed by atoms with van der Waals surface area (Å²) in [6, 6.07) is 7.65. The zero-order valence-corrected chi connectivity index (χ0v) is 17.7. The first-order chi connectivity index (χ1) is 14.1. The van der Waals surface area contributed by atoms with Gasteiger partial charge in [0.15, 0.2) is 5.01 Å². The number of thiazole rings is 1. The maximum atomic E-state index is 12.8. The van der Waals surface area contributed by atoms with Crippen LogP contribution in [0, 0.1) is 0 Å². The van der Waals surface area contributed by atoms with Gasteiger partial charge in [-0.15, -0.1) is 11.3 Å². The summed E-state index contributed by atoms with van der Waals surface area (Å²) >= 11 is 1.52. The fourth-order valence-electron chi connectivity index (χ4n) is 4.01. The highest BCUT2D eigenvalue weighted by molar-refractivity contribution is 7.13. The van der Waals surface area contributed by atoms with Gasteiger partial charge < -0.3 is 14.5 Å². The Bertz CT molecular complexity index is 864. The molecule has 2 aromatic rings. The van der Waals surface area contributed by atoms with E-state index in [-0.39, 0.29) is 11.8 Å². The first-order valence-electron chi connectivity index (χ1n) is 10.3. The number of fused-ring (bicyclic) bond motifs is 1. The predicted molar refractivity (Wildman–Crippen MR) is 113 cm³/mol. The molecular weight excluding hydrogens is 386 g/mol. The van der Waals surface area contributed by atoms with E-state index in [4.69, 9.17) is 4.74 Å². The standard InChI is InChI=1S/C22H27N3O3S/c1-28-17-7-5-6-16(14-17)15-20(26)24-12-8-18-19(9-13-24)29-21(23-18)22(27)25-10-3-2-4-11-25/h5-7,14H,2-4,8-13,15H2,1H3. The third-order valence-electron chi connectivity index (χ3n) is 5.67. The highest BCUT2D eigenvalue weighted by Gasteiger charge is 2.26. The fraction of sp³-hybridized carbons (Fsp3) is 0.500. The number of nitrogens with zero attached hydrogens (tertiary/aromatic N) is 3. The summed E-state index contributed by atoms with van der Waals surface area (Å²) < 4.78 is 5.25. The van der Waals surface area contributed by atoms with Crippen LogP contribution < -0.4 is 4.74 Å². The predicted octanol–water partition coefficient (Wildman–Crippen LogP) is 2.95. The molecule has 0 saturated carbocycles. The van der Waals surface area contributed by atoms with Crippen LogP contribution in [0.4, 0.5) is 0 Å². The van der Waals surface area contributed by atoms with Crippen LogP contribution in [-0.4, -0.2) is 59.9 Å². The minimum Gasteiger partial charge on any atom is -0.497 e. The number of rotatable bonds is 4. The molecule has 1 aromatic heterocycles. The largest absolute Gasteiger partial charge is 0.497 e. The van der Waals surface area contributed by atoms with E-state index in [1.54, 1.807) is 7.11 Å². The molecule has 0 atom stereocenters. The molecule has 2 aliphatic rings. The Hall–Kier alpha value is -2.41. The summed E-state index contributed by atoms with van der Waals surface area (Å²) in [7, 11) is 1.63. The highest BCUT2D eigenvalue weighted by atomic mass is 32.1. The molecule has 1 saturated heterocycles. The topological polar surface area (TPSA) is 62.7 Å². The maximum Gasteiger partial charge on any atom is 0.282 e. The zero-order chi connectivity index (χ0) is 20.2. The number of ether oxygens (including phenoxy) is 1. The Morgan fingerprint density at radius 2 is 1.86 bits per heavy atom. The van der Waals surface area contributed by atoms with E-state index in [1.165, 1.54) is 17.8 Å². The van der Waals surface area contributed by atoms with Gasteiger partial charge in [0.1, 0.15) is 5.75 Å². The minimum absolute atomic E-state index is 0.0775. The van der Waals surface area contributed by atoms with Crippen molar-refractivity contribution in [2.45, 2.75) is 38.5 Å². The molecule has 6 nitrogen and oxygen atoms in total. The van der Waals surface area contributed by atoms with Crippen LogP contribution in [0.2, 0.25) is 0 Å². The molecule has 1 fully saturated rings. The molecule has 7 heteroatoms. The number of aromatic nitrogens is 1. The Morgan fingerprint density at radius 3 is 2.66 bits per heavy atom. The molecule has 4 rings (SSSR count). The van der Waals surface area contributed by atoms with Crippen molar-refractivity contribution in [1.29, 1.82) is 0 Å². The number of hydrogen-bond donors (Lipinski definition) is 0. The van der Waals surface area contributed by atoms with Gasteiger partial charge in [-0.05, 0) is 37.0 Å². The van der Waals surface area contributed by atoms with E-state index in [2.05, 4.69) is 4.98 Å². The summed E-state index contributed by atoms with van der Waals surface area (Å²) in [4.78, 5) is 35.2. The summed E-state index contributed by atoms with van der Waals surface area (Å²) in [6.45, 7) is 3.01. The quantitative estimate of drug-likeness (QED) is 0.773. The van der Waals surface area contributed by atoms with Gasteiger partial charge in [-0.25, -0.2) is 4.98 Å². The van der Waals surface area contributed by atoms with Gasteiger partial charge in [-0.1, -0.05) is 12.1 Å². The zero-order valence-electron chi connectivity index (χ0n) is 16.9. The molecule has 1 aromatic carbocycles. The van der Waals surface area contributed by atoms with E-state index >= 15 is 0 Å². The molecule has 154 valence electrons. The van der Waals surface area contributed by atoms with Crippen LogP contribution in [0.5, 0.6) is 5.75 Å². The number of piperidine rings is 1. The Morgan fingerprint density at radius 1 is 1.07 bits per heavy atom. The summed E-state index contributed by atoms with van der Waals surface area (Å²) in [5.41, 5.74) is 1.95. The smallest absolute Gasteiger partial charge is 0.282 e. The first kappa shape index (κ1) is 19.9. The third kappa shape index (κ3) is 4.61. The molecule has 0 unspecified atom stereocenters. The van der Waals surface area contributed by atoms with Crippen LogP contribution in [-0.2, 0) is 24.1 Å². The Labute approximate surface area is 175 Å². The van der Waals surface area contributed by atoms with Gasteiger partial charge in [0.25, 0.3) is 5.91 Å². The number of amides is 2. The average molecular weight is 414 g/mol. The first-order valence-corrected chi connectivity index (χ1v) is 11.1. The normalized spacial score (nSPS) is 16.9. The number of methoxy groups -OCH3 is 1. The van der Waals surface area contributed by atoms with Crippen molar-refractivity contribution < 1.29 is 14.3 Å². The second kappa shape index (κ2) is 8.95. The lowest BCUT2D eigenvalue weighted by molar-refractivity contribution is -0.130. The fourth-order valence-corrected chi connectivity index (χ4v) is 5.07. The summed E-state index contributed by atoms with van der Waals surface area (Å²) in [6.07, 6.45) is 5.23. The lowest BCUT2D eigenvalue weighted by atomic mass is 10.1. The van der Waals surface area contributed by atoms with Crippen LogP contribution >= 0.6 is 11.3 Å². The molecule has 0 radical (unpaired) electrons. The maximum absolute atomic E-state index is 12.8. The molecule has 3 heterocycles. The monoisotopic (exact) mass is 413 g/mol. The third-order valence-corrected chi connectivity index (χ3v) is 6.82. The Kier molecular flexibility index (Phi) is 6.13. The molecule has 2 aliphatic heterocycles. The van der Waals surface area contributed by atoms with Gasteiger partial charge in [-0.2, -0.15) is 0 Å². The lowest BCUT2D eigenvalue weighted by Crippen LogP contribution is -2.35. The van der Waals surface area contributed by atoms with Gasteiger partial charge in [-0.3, -0.25) is 9.59 Å². The molecule has 0 spiro atoms. The van der Waals surface area contributed by atoms with E-state index < -0.39 is 0 Å². The molecule has 0 aliphatic carbocycles. The molecule has 0 bridgehead atoms. The van der Waals surface area contributed by atoms with Crippen molar-refractivity contribution in [3.8, 4) is 5.75 Å². The van der Waals surface area contributed by atoms with Gasteiger partial charge >= 0.3 is 0 Å². The SMILES string of the molecule is COc1cccc(CC(=O)N2CCc3nc(C(=O)N4CCCCC4)sc3CC2)c1. The van der Waals surface area contributed by atoms with Crippen molar-refractivity contribution >= 4 is 23.2 Å². The average Bonchev–Trinajstić information content (AvgIpc) is 3.06. The molecule has 29 heavy (non-hydrogen) atoms. The second-order valence-corrected chi connectivity index (χ2v) is 8.73. The minimum atomic E-state index is 0.0775. The molecular formula is C22H27N3O3S. The van der Waals surface area contributed by atoms with Crippen LogP contribution in [0.15, 0.2) is 24.3 Å². The van der Waals surface area contributed by atoms with E-state index in [9.17, 15) is 9.59 Å². The van der Waals surface area contributed by atoms with Crippen molar-refractivity contribution in [1.82, 2.24) is 14.8 Å². The summed E-state index contributed by atoms with van der Waals surface area (Å²) in [5, 5.41) is 0.619. The van der Waals surface area contributed by atoms with Crippen molar-refractivity contribution in [3.63, 3.8) is 0 Å². The van der Waals surface area contributed by atoms with Crippen molar-refractivity contribution in [3.05, 3.63) is 45.4 Å².